The van der Waals surface area contributed by atoms with Crippen LogP contribution in [0.15, 0.2) is 0 Å². The van der Waals surface area contributed by atoms with Crippen molar-refractivity contribution in [3.8, 4) is 0 Å². The van der Waals surface area contributed by atoms with Gasteiger partial charge >= 0.3 is 11.7 Å². The molecule has 40 valence electrons. The van der Waals surface area contributed by atoms with Gasteiger partial charge in [-0.3, -0.25) is 0 Å². The summed E-state index contributed by atoms with van der Waals surface area (Å²) in [6.07, 6.45) is 2.07. The van der Waals surface area contributed by atoms with Crippen LogP contribution in [-0.4, -0.2) is 12.0 Å². The maximum Gasteiger partial charge on any atom is 0.458 e. The first-order valence-corrected chi connectivity index (χ1v) is 3.01. The van der Waals surface area contributed by atoms with E-state index in [-0.39, 0.29) is 0 Å². The number of carbonyl (C=O) groups excluding carboxylic acids is 1. The average molecular weight is 119 g/mol. The van der Waals surface area contributed by atoms with Crippen molar-refractivity contribution >= 4 is 18.0 Å². The third kappa shape index (κ3) is 5.69. The molecule has 0 aliphatic rings. The van der Waals surface area contributed by atoms with Gasteiger partial charge in [0.1, 0.15) is 6.29 Å². The van der Waals surface area contributed by atoms with E-state index < -0.39 is 0 Å². The van der Waals surface area contributed by atoms with E-state index in [1.165, 1.54) is 0 Å². The number of carbonyl (C=O) groups is 1. The highest BCUT2D eigenvalue weighted by Gasteiger charge is 1.93. The molecule has 0 unspecified atom stereocenters. The average Bonchev–Trinajstić information content (AvgIpc) is 1.69. The largest absolute Gasteiger partial charge is 0.458 e. The van der Waals surface area contributed by atoms with Crippen molar-refractivity contribution in [2.75, 3.05) is 5.75 Å². The third-order valence-corrected chi connectivity index (χ3v) is 1.00. The number of hydrogen-bond acceptors (Lipinski definition) is 2. The predicted molar refractivity (Wildman–Crippen MR) is 28.2 cm³/mol. The summed E-state index contributed by atoms with van der Waals surface area (Å²) in [7, 11) is 0. The summed E-state index contributed by atoms with van der Waals surface area (Å²) in [5, 5.41) is 0. The second-order valence-electron chi connectivity index (χ2n) is 1.13. The second kappa shape index (κ2) is 5.69. The Morgan fingerprint density at radius 1 is 1.57 bits per heavy atom. The lowest BCUT2D eigenvalue weighted by molar-refractivity contribution is -0.107. The van der Waals surface area contributed by atoms with Crippen molar-refractivity contribution in [1.82, 2.24) is 0 Å². The summed E-state index contributed by atoms with van der Waals surface area (Å²) >= 11 is 0.533. The number of aldehydes is 1. The first kappa shape index (κ1) is 6.69. The molecule has 0 saturated heterocycles. The Hall–Kier alpha value is -0.310. The van der Waals surface area contributed by atoms with Crippen LogP contribution in [0.1, 0.15) is 12.8 Å². The van der Waals surface area contributed by atoms with Crippen molar-refractivity contribution in [2.24, 2.45) is 0 Å². The quantitative estimate of drug-likeness (QED) is 0.305. The molecule has 0 fully saturated rings. The number of hydrogen-bond donors (Lipinski definition) is 0. The van der Waals surface area contributed by atoms with Crippen LogP contribution in [0.25, 0.3) is 0 Å². The normalized spacial score (nSPS) is 8.00. The van der Waals surface area contributed by atoms with Gasteiger partial charge in [-0.1, -0.05) is 0 Å². The summed E-state index contributed by atoms with van der Waals surface area (Å²) in [6, 6.07) is 0. The molecule has 0 N–H and O–H groups in total. The number of unbranched alkanes of at least 4 members (excludes halogenated alkanes) is 1. The van der Waals surface area contributed by atoms with E-state index in [9.17, 15) is 9.00 Å². The zero-order chi connectivity index (χ0) is 5.54. The van der Waals surface area contributed by atoms with E-state index in [1.54, 1.807) is 0 Å². The van der Waals surface area contributed by atoms with Crippen LogP contribution in [0, 0.1) is 0 Å². The molecular formula is C4H7O2S+. The molecule has 0 heterocycles. The molecule has 0 atom stereocenters. The minimum absolute atomic E-state index is 0.523. The topological polar surface area (TPSA) is 34.1 Å². The first-order valence-electron chi connectivity index (χ1n) is 2.10. The molecule has 2 nitrogen and oxygen atoms in total. The van der Waals surface area contributed by atoms with Crippen LogP contribution in [0.4, 0.5) is 0 Å². The standard InChI is InChI=1S/C4H7O2S/c5-3-1-2-4-7-6/h3H,1-2,4H2/q+1. The molecule has 0 bridgehead atoms. The van der Waals surface area contributed by atoms with Gasteiger partial charge in [0.2, 0.25) is 5.75 Å². The molecule has 0 saturated carbocycles. The van der Waals surface area contributed by atoms with Crippen molar-refractivity contribution in [2.45, 2.75) is 12.8 Å². The molecule has 0 aliphatic heterocycles. The Morgan fingerprint density at radius 2 is 2.29 bits per heavy atom. The maximum absolute atomic E-state index is 9.61. The van der Waals surface area contributed by atoms with Gasteiger partial charge in [-0.05, 0) is 0 Å². The molecule has 7 heavy (non-hydrogen) atoms. The molecule has 3 heteroatoms. The van der Waals surface area contributed by atoms with E-state index in [4.69, 9.17) is 0 Å². The van der Waals surface area contributed by atoms with Gasteiger partial charge in [-0.2, -0.15) is 0 Å². The lowest BCUT2D eigenvalue weighted by Crippen LogP contribution is -1.80. The highest BCUT2D eigenvalue weighted by Crippen LogP contribution is 1.80. The number of rotatable bonds is 4. The van der Waals surface area contributed by atoms with Crippen LogP contribution in [0.5, 0.6) is 0 Å². The molecule has 0 aromatic heterocycles. The van der Waals surface area contributed by atoms with Crippen LogP contribution in [-0.2, 0) is 20.7 Å². The first-order chi connectivity index (χ1) is 3.41. The summed E-state index contributed by atoms with van der Waals surface area (Å²) in [6.45, 7) is 0. The van der Waals surface area contributed by atoms with E-state index in [0.29, 0.717) is 23.8 Å². The monoisotopic (exact) mass is 119 g/mol. The van der Waals surface area contributed by atoms with Crippen LogP contribution >= 0.6 is 0 Å². The minimum atomic E-state index is 0.523. The summed E-state index contributed by atoms with van der Waals surface area (Å²) in [5.74, 6) is 0.554. The molecule has 0 rings (SSSR count). The van der Waals surface area contributed by atoms with Gasteiger partial charge in [0, 0.05) is 17.1 Å². The Balaban J connectivity index is 2.68. The summed E-state index contributed by atoms with van der Waals surface area (Å²) in [4.78, 5) is 9.57. The fourth-order valence-electron chi connectivity index (χ4n) is 0.226. The lowest BCUT2D eigenvalue weighted by atomic mass is 10.4. The maximum atomic E-state index is 9.61. The molecule has 0 radical (unpaired) electrons. The van der Waals surface area contributed by atoms with Crippen molar-refractivity contribution in [1.29, 1.82) is 0 Å². The highest BCUT2D eigenvalue weighted by atomic mass is 32.1. The van der Waals surface area contributed by atoms with Crippen LogP contribution < -0.4 is 0 Å². The zero-order valence-electron chi connectivity index (χ0n) is 3.92. The van der Waals surface area contributed by atoms with Gasteiger partial charge in [-0.25, -0.2) is 0 Å². The molecule has 0 spiro atoms. The predicted octanol–water partition coefficient (Wildman–Crippen LogP) is 0.394. The second-order valence-corrected chi connectivity index (χ2v) is 1.77. The lowest BCUT2D eigenvalue weighted by Gasteiger charge is -1.69. The Morgan fingerprint density at radius 3 is 2.71 bits per heavy atom. The van der Waals surface area contributed by atoms with E-state index in [2.05, 4.69) is 0 Å². The fraction of sp³-hybridized carbons (Fsp3) is 0.750. The van der Waals surface area contributed by atoms with Gasteiger partial charge in [0.25, 0.3) is 0 Å². The molecule has 0 aromatic carbocycles. The van der Waals surface area contributed by atoms with Gasteiger partial charge < -0.3 is 4.79 Å². The van der Waals surface area contributed by atoms with Gasteiger partial charge in [0.15, 0.2) is 0 Å². The summed E-state index contributed by atoms with van der Waals surface area (Å²) in [5.41, 5.74) is 0. The highest BCUT2D eigenvalue weighted by molar-refractivity contribution is 7.65. The van der Waals surface area contributed by atoms with E-state index >= 15 is 0 Å². The van der Waals surface area contributed by atoms with Crippen LogP contribution in [0.3, 0.4) is 0 Å². The van der Waals surface area contributed by atoms with Crippen molar-refractivity contribution in [3.63, 3.8) is 0 Å². The molecule has 0 aliphatic carbocycles. The smallest absolute Gasteiger partial charge is 0.303 e. The Labute approximate surface area is 46.4 Å². The van der Waals surface area contributed by atoms with E-state index in [0.717, 1.165) is 12.7 Å². The third-order valence-electron chi connectivity index (χ3n) is 0.550. The van der Waals surface area contributed by atoms with Crippen molar-refractivity contribution < 1.29 is 9.00 Å². The van der Waals surface area contributed by atoms with Crippen LogP contribution in [0.2, 0.25) is 0 Å². The Kier molecular flexibility index (Phi) is 5.44. The van der Waals surface area contributed by atoms with Crippen molar-refractivity contribution in [3.05, 3.63) is 0 Å². The fourth-order valence-corrected chi connectivity index (χ4v) is 0.510. The minimum Gasteiger partial charge on any atom is -0.303 e. The summed E-state index contributed by atoms with van der Waals surface area (Å²) < 4.78 is 9.61. The zero-order valence-corrected chi connectivity index (χ0v) is 4.74. The SMILES string of the molecule is O=CCCC[S+]=O. The Bertz CT molecular complexity index is 54.7. The molecular weight excluding hydrogens is 112 g/mol. The van der Waals surface area contributed by atoms with E-state index in [1.807, 2.05) is 0 Å². The van der Waals surface area contributed by atoms with Gasteiger partial charge in [-0.15, -0.1) is 0 Å². The molecule has 0 amide bonds. The van der Waals surface area contributed by atoms with Gasteiger partial charge in [0.05, 0.1) is 0 Å². The molecule has 0 aromatic rings.